The molecule has 0 aliphatic carbocycles. The zero-order valence-electron chi connectivity index (χ0n) is 12.5. The van der Waals surface area contributed by atoms with Gasteiger partial charge in [-0.05, 0) is 11.1 Å². The lowest BCUT2D eigenvalue weighted by molar-refractivity contribution is -0.397. The number of hydrogen-bond donors (Lipinski definition) is 0. The second kappa shape index (κ2) is 7.27. The summed E-state index contributed by atoms with van der Waals surface area (Å²) < 4.78 is 118. The molecule has 0 atom stereocenters. The van der Waals surface area contributed by atoms with Crippen LogP contribution < -0.4 is 0 Å². The largest absolute Gasteiger partial charge is 0.460 e. The van der Waals surface area contributed by atoms with Crippen LogP contribution >= 0.6 is 0 Å². The Morgan fingerprint density at radius 3 is 1.80 bits per heavy atom. The minimum atomic E-state index is -6.87. The Kier molecular flexibility index (Phi) is 6.20. The van der Waals surface area contributed by atoms with Crippen LogP contribution in [0.15, 0.2) is 30.8 Å². The molecule has 0 bridgehead atoms. The van der Waals surface area contributed by atoms with Crippen LogP contribution in [0.25, 0.3) is 6.08 Å². The highest BCUT2D eigenvalue weighted by molar-refractivity contribution is 5.47. The molecule has 0 aliphatic rings. The summed E-state index contributed by atoms with van der Waals surface area (Å²) in [6.07, 6.45) is -7.29. The second-order valence-corrected chi connectivity index (χ2v) is 5.10. The highest BCUT2D eigenvalue weighted by atomic mass is 19.4. The zero-order chi connectivity index (χ0) is 19.5. The average molecular weight is 380 g/mol. The van der Waals surface area contributed by atoms with E-state index in [1.165, 1.54) is 18.2 Å². The van der Waals surface area contributed by atoms with Gasteiger partial charge in [0, 0.05) is 6.42 Å². The van der Waals surface area contributed by atoms with Gasteiger partial charge in [-0.3, -0.25) is 0 Å². The first-order chi connectivity index (χ1) is 11.3. The van der Waals surface area contributed by atoms with Crippen LogP contribution in [-0.4, -0.2) is 30.6 Å². The van der Waals surface area contributed by atoms with Crippen molar-refractivity contribution in [1.29, 1.82) is 0 Å². The van der Waals surface area contributed by atoms with Crippen molar-refractivity contribution >= 4 is 6.08 Å². The van der Waals surface area contributed by atoms with E-state index in [4.69, 9.17) is 0 Å². The van der Waals surface area contributed by atoms with Crippen molar-refractivity contribution in [2.24, 2.45) is 0 Å². The summed E-state index contributed by atoms with van der Waals surface area (Å²) in [6.45, 7) is 2.05. The molecule has 10 heteroatoms. The highest BCUT2D eigenvalue weighted by Crippen LogP contribution is 2.53. The standard InChI is InChI=1S/C15H13F9O/c1-2-10-3-5-11(6-4-10)9-25-8-7-12(16,17)13(18,19)14(20,21)15(22,23)24/h2-6H,1,7-9H2. The van der Waals surface area contributed by atoms with Gasteiger partial charge in [-0.25, -0.2) is 0 Å². The van der Waals surface area contributed by atoms with Crippen LogP contribution in [0.4, 0.5) is 39.5 Å². The molecule has 1 rings (SSSR count). The number of benzene rings is 1. The first kappa shape index (κ1) is 21.3. The summed E-state index contributed by atoms with van der Waals surface area (Å²) in [5.74, 6) is -19.1. The zero-order valence-corrected chi connectivity index (χ0v) is 12.5. The fourth-order valence-electron chi connectivity index (χ4n) is 1.71. The summed E-state index contributed by atoms with van der Waals surface area (Å²) in [4.78, 5) is 0. The second-order valence-electron chi connectivity index (χ2n) is 5.10. The van der Waals surface area contributed by atoms with Gasteiger partial charge >= 0.3 is 23.9 Å². The quantitative estimate of drug-likeness (QED) is 0.415. The van der Waals surface area contributed by atoms with E-state index in [0.29, 0.717) is 5.56 Å². The predicted octanol–water partition coefficient (Wildman–Crippen LogP) is 5.70. The minimum Gasteiger partial charge on any atom is -0.377 e. The Morgan fingerprint density at radius 1 is 0.840 bits per heavy atom. The van der Waals surface area contributed by atoms with Crippen LogP contribution in [0.1, 0.15) is 17.5 Å². The lowest BCUT2D eigenvalue weighted by atomic mass is 10.0. The summed E-state index contributed by atoms with van der Waals surface area (Å²) in [6, 6.07) is 6.22. The number of alkyl halides is 9. The molecule has 1 nitrogen and oxygen atoms in total. The molecule has 0 spiro atoms. The van der Waals surface area contributed by atoms with Crippen molar-refractivity contribution < 1.29 is 44.3 Å². The minimum absolute atomic E-state index is 0.311. The third-order valence-electron chi connectivity index (χ3n) is 3.25. The third kappa shape index (κ3) is 4.47. The van der Waals surface area contributed by atoms with Gasteiger partial charge in [0.2, 0.25) is 0 Å². The van der Waals surface area contributed by atoms with Crippen LogP contribution in [0, 0.1) is 0 Å². The molecule has 0 N–H and O–H groups in total. The van der Waals surface area contributed by atoms with Gasteiger partial charge in [-0.15, -0.1) is 0 Å². The van der Waals surface area contributed by atoms with E-state index >= 15 is 0 Å². The molecular formula is C15H13F9O. The summed E-state index contributed by atoms with van der Waals surface area (Å²) >= 11 is 0. The molecule has 0 fully saturated rings. The molecule has 0 aromatic heterocycles. The lowest BCUT2D eigenvalue weighted by Gasteiger charge is -2.33. The Hall–Kier alpha value is -1.71. The maximum absolute atomic E-state index is 13.2. The van der Waals surface area contributed by atoms with E-state index in [9.17, 15) is 39.5 Å². The summed E-state index contributed by atoms with van der Waals surface area (Å²) in [5.41, 5.74) is 1.20. The van der Waals surface area contributed by atoms with E-state index in [1.807, 2.05) is 0 Å². The molecule has 0 saturated carbocycles. The number of ether oxygens (including phenoxy) is 1. The lowest BCUT2D eigenvalue weighted by Crippen LogP contribution is -2.61. The molecule has 1 aromatic rings. The van der Waals surface area contributed by atoms with E-state index in [0.717, 1.165) is 5.56 Å². The molecule has 25 heavy (non-hydrogen) atoms. The SMILES string of the molecule is C=Cc1ccc(COCCC(F)(F)C(F)(F)C(F)(F)C(F)(F)F)cc1. The first-order valence-corrected chi connectivity index (χ1v) is 6.75. The van der Waals surface area contributed by atoms with Crippen LogP contribution in [-0.2, 0) is 11.3 Å². The molecule has 0 radical (unpaired) electrons. The van der Waals surface area contributed by atoms with Crippen LogP contribution in [0.2, 0.25) is 0 Å². The van der Waals surface area contributed by atoms with Gasteiger partial charge in [0.1, 0.15) is 0 Å². The van der Waals surface area contributed by atoms with E-state index in [-0.39, 0.29) is 6.61 Å². The van der Waals surface area contributed by atoms with Gasteiger partial charge < -0.3 is 4.74 Å². The van der Waals surface area contributed by atoms with E-state index in [2.05, 4.69) is 11.3 Å². The van der Waals surface area contributed by atoms with E-state index < -0.39 is 37.0 Å². The smallest absolute Gasteiger partial charge is 0.377 e. The van der Waals surface area contributed by atoms with Crippen molar-refractivity contribution in [2.45, 2.75) is 37.0 Å². The van der Waals surface area contributed by atoms with Crippen molar-refractivity contribution in [1.82, 2.24) is 0 Å². The van der Waals surface area contributed by atoms with Gasteiger partial charge in [-0.1, -0.05) is 36.9 Å². The van der Waals surface area contributed by atoms with Gasteiger partial charge in [0.05, 0.1) is 13.2 Å². The Morgan fingerprint density at radius 2 is 1.36 bits per heavy atom. The van der Waals surface area contributed by atoms with Crippen molar-refractivity contribution in [3.63, 3.8) is 0 Å². The predicted molar refractivity (Wildman–Crippen MR) is 71.7 cm³/mol. The molecule has 1 aromatic carbocycles. The molecule has 142 valence electrons. The van der Waals surface area contributed by atoms with Crippen LogP contribution in [0.5, 0.6) is 0 Å². The summed E-state index contributed by atoms with van der Waals surface area (Å²) in [7, 11) is 0. The topological polar surface area (TPSA) is 9.23 Å². The molecular weight excluding hydrogens is 367 g/mol. The first-order valence-electron chi connectivity index (χ1n) is 6.75. The molecule has 0 aliphatic heterocycles. The Balaban J connectivity index is 2.66. The van der Waals surface area contributed by atoms with Gasteiger partial charge in [0.25, 0.3) is 0 Å². The summed E-state index contributed by atoms with van der Waals surface area (Å²) in [5, 5.41) is 0. The number of halogens is 9. The van der Waals surface area contributed by atoms with E-state index in [1.54, 1.807) is 12.1 Å². The number of rotatable bonds is 8. The van der Waals surface area contributed by atoms with Crippen molar-refractivity contribution in [3.8, 4) is 0 Å². The molecule has 0 heterocycles. The maximum Gasteiger partial charge on any atom is 0.460 e. The van der Waals surface area contributed by atoms with Gasteiger partial charge in [0.15, 0.2) is 0 Å². The molecule has 0 amide bonds. The van der Waals surface area contributed by atoms with Crippen molar-refractivity contribution in [2.75, 3.05) is 6.61 Å². The molecule has 0 unspecified atom stereocenters. The maximum atomic E-state index is 13.2. The normalized spacial score (nSPS) is 13.8. The third-order valence-corrected chi connectivity index (χ3v) is 3.25. The fraction of sp³-hybridized carbons (Fsp3) is 0.467. The van der Waals surface area contributed by atoms with Gasteiger partial charge in [-0.2, -0.15) is 39.5 Å². The Bertz CT molecular complexity index is 576. The van der Waals surface area contributed by atoms with Crippen molar-refractivity contribution in [3.05, 3.63) is 42.0 Å². The fourth-order valence-corrected chi connectivity index (χ4v) is 1.71. The average Bonchev–Trinajstić information content (AvgIpc) is 2.50. The Labute approximate surface area is 137 Å². The molecule has 0 saturated heterocycles. The monoisotopic (exact) mass is 380 g/mol. The van der Waals surface area contributed by atoms with Crippen LogP contribution in [0.3, 0.4) is 0 Å². The number of hydrogen-bond acceptors (Lipinski definition) is 1. The highest BCUT2D eigenvalue weighted by Gasteiger charge is 2.81.